The van der Waals surface area contributed by atoms with Crippen molar-refractivity contribution in [1.29, 1.82) is 0 Å². The Hall–Kier alpha value is -2.41. The second-order valence-corrected chi connectivity index (χ2v) is 7.87. The summed E-state index contributed by atoms with van der Waals surface area (Å²) < 4.78 is 5.40. The summed E-state index contributed by atoms with van der Waals surface area (Å²) in [7, 11) is 3.35. The predicted octanol–water partition coefficient (Wildman–Crippen LogP) is 3.16. The van der Waals surface area contributed by atoms with Gasteiger partial charge >= 0.3 is 0 Å². The van der Waals surface area contributed by atoms with E-state index in [2.05, 4.69) is 31.1 Å². The zero-order valence-corrected chi connectivity index (χ0v) is 15.9. The minimum atomic E-state index is -0.190. The van der Waals surface area contributed by atoms with Crippen molar-refractivity contribution < 1.29 is 14.3 Å². The average molecular weight is 361 g/mol. The molecule has 0 unspecified atom stereocenters. The minimum Gasteiger partial charge on any atom is -0.484 e. The molecule has 0 spiro atoms. The molecule has 1 heterocycles. The van der Waals surface area contributed by atoms with Gasteiger partial charge in [-0.05, 0) is 24.3 Å². The number of ether oxygens (including phenoxy) is 1. The van der Waals surface area contributed by atoms with Crippen LogP contribution in [0.5, 0.6) is 5.75 Å². The summed E-state index contributed by atoms with van der Waals surface area (Å²) in [6.45, 7) is 6.17. The van der Waals surface area contributed by atoms with Gasteiger partial charge in [0.05, 0.1) is 11.2 Å². The first kappa shape index (κ1) is 18.9. The smallest absolute Gasteiger partial charge is 0.267 e. The van der Waals surface area contributed by atoms with Crippen LogP contribution in [0.2, 0.25) is 0 Å². The number of aromatic nitrogens is 1. The number of nitrogens with zero attached hydrogens (tertiary/aromatic N) is 2. The fourth-order valence-electron chi connectivity index (χ4n) is 1.83. The number of carbonyl (C=O) groups excluding carboxylic acids is 2. The zero-order valence-electron chi connectivity index (χ0n) is 15.1. The van der Waals surface area contributed by atoms with Crippen LogP contribution in [0, 0.1) is 0 Å². The number of thiazole rings is 1. The Balaban J connectivity index is 1.95. The monoisotopic (exact) mass is 361 g/mol. The van der Waals surface area contributed by atoms with Crippen molar-refractivity contribution >= 4 is 28.8 Å². The fraction of sp³-hybridized carbons (Fsp3) is 0.389. The van der Waals surface area contributed by atoms with Gasteiger partial charge in [-0.15, -0.1) is 11.3 Å². The maximum absolute atomic E-state index is 12.3. The Morgan fingerprint density at radius 3 is 2.36 bits per heavy atom. The maximum atomic E-state index is 12.3. The van der Waals surface area contributed by atoms with Gasteiger partial charge in [0.15, 0.2) is 6.61 Å². The standard InChI is InChI=1S/C18H23N3O3S/c1-18(2,3)17-19-10-14(25-17)16(23)20-12-6-8-13(9-7-12)24-11-15(22)21(4)5/h6-10H,11H2,1-5H3,(H,20,23). The van der Waals surface area contributed by atoms with E-state index < -0.39 is 0 Å². The number of nitrogens with one attached hydrogen (secondary N) is 1. The van der Waals surface area contributed by atoms with Crippen molar-refractivity contribution in [2.75, 3.05) is 26.0 Å². The van der Waals surface area contributed by atoms with E-state index >= 15 is 0 Å². The van der Waals surface area contributed by atoms with E-state index in [-0.39, 0.29) is 23.8 Å². The van der Waals surface area contributed by atoms with Crippen LogP contribution in [-0.4, -0.2) is 42.4 Å². The molecule has 134 valence electrons. The third-order valence-electron chi connectivity index (χ3n) is 3.34. The first-order chi connectivity index (χ1) is 11.7. The lowest BCUT2D eigenvalue weighted by molar-refractivity contribution is -0.130. The van der Waals surface area contributed by atoms with Gasteiger partial charge in [0, 0.05) is 25.2 Å². The summed E-state index contributed by atoms with van der Waals surface area (Å²) in [6, 6.07) is 6.90. The largest absolute Gasteiger partial charge is 0.484 e. The van der Waals surface area contributed by atoms with Crippen LogP contribution < -0.4 is 10.1 Å². The quantitative estimate of drug-likeness (QED) is 0.888. The van der Waals surface area contributed by atoms with Gasteiger partial charge < -0.3 is 15.0 Å². The highest BCUT2D eigenvalue weighted by Gasteiger charge is 2.20. The Morgan fingerprint density at radius 2 is 1.84 bits per heavy atom. The van der Waals surface area contributed by atoms with E-state index in [0.717, 1.165) is 5.01 Å². The molecule has 2 aromatic rings. The number of benzene rings is 1. The van der Waals surface area contributed by atoms with Gasteiger partial charge in [-0.2, -0.15) is 0 Å². The third kappa shape index (κ3) is 5.29. The van der Waals surface area contributed by atoms with Crippen molar-refractivity contribution in [2.45, 2.75) is 26.2 Å². The highest BCUT2D eigenvalue weighted by atomic mass is 32.1. The van der Waals surface area contributed by atoms with E-state index in [1.165, 1.54) is 16.2 Å². The molecule has 0 fully saturated rings. The van der Waals surface area contributed by atoms with Crippen molar-refractivity contribution in [3.63, 3.8) is 0 Å². The van der Waals surface area contributed by atoms with E-state index in [1.54, 1.807) is 44.6 Å². The number of amides is 2. The van der Waals surface area contributed by atoms with E-state index in [1.807, 2.05) is 0 Å². The molecule has 0 saturated heterocycles. The number of hydrogen-bond donors (Lipinski definition) is 1. The first-order valence-corrected chi connectivity index (χ1v) is 8.69. The SMILES string of the molecule is CN(C)C(=O)COc1ccc(NC(=O)c2cnc(C(C)(C)C)s2)cc1. The van der Waals surface area contributed by atoms with E-state index in [4.69, 9.17) is 4.74 Å². The van der Waals surface area contributed by atoms with Crippen molar-refractivity contribution in [3.05, 3.63) is 40.3 Å². The Labute approximate surface area is 151 Å². The number of hydrogen-bond acceptors (Lipinski definition) is 5. The molecule has 0 aliphatic rings. The second-order valence-electron chi connectivity index (χ2n) is 6.84. The molecule has 0 aliphatic heterocycles. The number of carbonyl (C=O) groups is 2. The van der Waals surface area contributed by atoms with Crippen molar-refractivity contribution in [3.8, 4) is 5.75 Å². The highest BCUT2D eigenvalue weighted by molar-refractivity contribution is 7.13. The minimum absolute atomic E-state index is 0.0187. The lowest BCUT2D eigenvalue weighted by atomic mass is 9.98. The van der Waals surface area contributed by atoms with Gasteiger partial charge in [0.1, 0.15) is 10.6 Å². The highest BCUT2D eigenvalue weighted by Crippen LogP contribution is 2.27. The molecule has 0 saturated carbocycles. The molecule has 6 nitrogen and oxygen atoms in total. The van der Waals surface area contributed by atoms with Gasteiger partial charge in [-0.3, -0.25) is 9.59 Å². The maximum Gasteiger partial charge on any atom is 0.267 e. The fourth-order valence-corrected chi connectivity index (χ4v) is 2.70. The number of likely N-dealkylation sites (N-methyl/N-ethyl adjacent to an activating group) is 1. The van der Waals surface area contributed by atoms with Crippen LogP contribution in [0.1, 0.15) is 35.5 Å². The van der Waals surface area contributed by atoms with Gasteiger partial charge in [-0.1, -0.05) is 20.8 Å². The van der Waals surface area contributed by atoms with Crippen LogP contribution in [0.15, 0.2) is 30.5 Å². The molecule has 7 heteroatoms. The Morgan fingerprint density at radius 1 is 1.20 bits per heavy atom. The van der Waals surface area contributed by atoms with Gasteiger partial charge in [-0.25, -0.2) is 4.98 Å². The topological polar surface area (TPSA) is 71.5 Å². The molecule has 1 N–H and O–H groups in total. The third-order valence-corrected chi connectivity index (χ3v) is 4.77. The Kier molecular flexibility index (Phi) is 5.79. The first-order valence-electron chi connectivity index (χ1n) is 7.87. The zero-order chi connectivity index (χ0) is 18.6. The lowest BCUT2D eigenvalue weighted by Crippen LogP contribution is -2.27. The van der Waals surface area contributed by atoms with E-state index in [9.17, 15) is 9.59 Å². The van der Waals surface area contributed by atoms with Crippen molar-refractivity contribution in [1.82, 2.24) is 9.88 Å². The summed E-state index contributed by atoms with van der Waals surface area (Å²) in [5, 5.41) is 3.76. The van der Waals surface area contributed by atoms with Crippen LogP contribution in [0.4, 0.5) is 5.69 Å². The summed E-state index contributed by atoms with van der Waals surface area (Å²) >= 11 is 1.39. The summed E-state index contributed by atoms with van der Waals surface area (Å²) in [5.41, 5.74) is 0.577. The second kappa shape index (κ2) is 7.65. The molecule has 2 rings (SSSR count). The number of anilines is 1. The van der Waals surface area contributed by atoms with E-state index in [0.29, 0.717) is 16.3 Å². The average Bonchev–Trinajstić information content (AvgIpc) is 3.04. The van der Waals surface area contributed by atoms with Crippen LogP contribution in [0.3, 0.4) is 0 Å². The summed E-state index contributed by atoms with van der Waals surface area (Å²) in [4.78, 5) is 30.2. The molecular weight excluding hydrogens is 338 g/mol. The molecule has 1 aromatic heterocycles. The molecule has 25 heavy (non-hydrogen) atoms. The Bertz CT molecular complexity index is 746. The van der Waals surface area contributed by atoms with Crippen LogP contribution in [-0.2, 0) is 10.2 Å². The summed E-state index contributed by atoms with van der Waals surface area (Å²) in [5.74, 6) is 0.266. The number of rotatable bonds is 5. The lowest BCUT2D eigenvalue weighted by Gasteiger charge is -2.13. The normalized spacial score (nSPS) is 11.1. The molecule has 2 amide bonds. The van der Waals surface area contributed by atoms with Gasteiger partial charge in [0.2, 0.25) is 0 Å². The molecule has 0 radical (unpaired) electrons. The van der Waals surface area contributed by atoms with Crippen LogP contribution >= 0.6 is 11.3 Å². The molecule has 1 aromatic carbocycles. The molecule has 0 bridgehead atoms. The molecule has 0 atom stereocenters. The van der Waals surface area contributed by atoms with Crippen LogP contribution in [0.25, 0.3) is 0 Å². The predicted molar refractivity (Wildman–Crippen MR) is 99.4 cm³/mol. The molecular formula is C18H23N3O3S. The van der Waals surface area contributed by atoms with Gasteiger partial charge in [0.25, 0.3) is 11.8 Å². The molecule has 0 aliphatic carbocycles. The summed E-state index contributed by atoms with van der Waals surface area (Å²) in [6.07, 6.45) is 1.60. The van der Waals surface area contributed by atoms with Crippen molar-refractivity contribution in [2.24, 2.45) is 0 Å².